The van der Waals surface area contributed by atoms with Gasteiger partial charge in [0.05, 0.1) is 5.92 Å². The Morgan fingerprint density at radius 3 is 2.55 bits per heavy atom. The van der Waals surface area contributed by atoms with Crippen LogP contribution in [0.4, 0.5) is 5.69 Å². The third-order valence-corrected chi connectivity index (χ3v) is 3.98. The Morgan fingerprint density at radius 1 is 1.09 bits per heavy atom. The molecule has 0 saturated heterocycles. The lowest BCUT2D eigenvalue weighted by molar-refractivity contribution is -0.132. The number of hydrogen-bond acceptors (Lipinski definition) is 2. The molecule has 2 amide bonds. The van der Waals surface area contributed by atoms with E-state index in [9.17, 15) is 9.59 Å². The van der Waals surface area contributed by atoms with Gasteiger partial charge < -0.3 is 10.2 Å². The smallest absolute Gasteiger partial charge is 0.232 e. The summed E-state index contributed by atoms with van der Waals surface area (Å²) in [7, 11) is 1.77. The number of amides is 2. The lowest BCUT2D eigenvalue weighted by atomic mass is 9.96. The summed E-state index contributed by atoms with van der Waals surface area (Å²) in [5, 5.41) is 2.83. The Kier molecular flexibility index (Phi) is 3.92. The minimum absolute atomic E-state index is 0.0271. The van der Waals surface area contributed by atoms with Gasteiger partial charge in [-0.25, -0.2) is 0 Å². The SMILES string of the molecule is CN(Cc1ccccc1)C(=O)CC1C(=O)Nc2ccccc21. The number of anilines is 1. The van der Waals surface area contributed by atoms with Crippen LogP contribution in [0.15, 0.2) is 54.6 Å². The molecule has 112 valence electrons. The Bertz CT molecular complexity index is 697. The van der Waals surface area contributed by atoms with E-state index in [1.165, 1.54) is 0 Å². The average Bonchev–Trinajstić information content (AvgIpc) is 2.84. The van der Waals surface area contributed by atoms with E-state index < -0.39 is 0 Å². The summed E-state index contributed by atoms with van der Waals surface area (Å²) in [4.78, 5) is 26.1. The van der Waals surface area contributed by atoms with E-state index in [2.05, 4.69) is 5.32 Å². The predicted molar refractivity (Wildman–Crippen MR) is 85.3 cm³/mol. The van der Waals surface area contributed by atoms with Crippen LogP contribution in [0.5, 0.6) is 0 Å². The summed E-state index contributed by atoms with van der Waals surface area (Å²) in [5.74, 6) is -0.509. The van der Waals surface area contributed by atoms with E-state index in [1.807, 2.05) is 54.6 Å². The first kappa shape index (κ1) is 14.3. The highest BCUT2D eigenvalue weighted by Crippen LogP contribution is 2.34. The van der Waals surface area contributed by atoms with Crippen LogP contribution < -0.4 is 5.32 Å². The zero-order valence-corrected chi connectivity index (χ0v) is 12.5. The Balaban J connectivity index is 1.68. The molecule has 0 radical (unpaired) electrons. The van der Waals surface area contributed by atoms with Crippen molar-refractivity contribution < 1.29 is 9.59 Å². The fraction of sp³-hybridized carbons (Fsp3) is 0.222. The molecule has 0 aromatic heterocycles. The van der Waals surface area contributed by atoms with E-state index in [4.69, 9.17) is 0 Å². The fourth-order valence-corrected chi connectivity index (χ4v) is 2.75. The van der Waals surface area contributed by atoms with E-state index in [0.717, 1.165) is 16.8 Å². The van der Waals surface area contributed by atoms with Crippen LogP contribution >= 0.6 is 0 Å². The molecular weight excluding hydrogens is 276 g/mol. The third-order valence-electron chi connectivity index (χ3n) is 3.98. The number of carbonyl (C=O) groups excluding carboxylic acids is 2. The van der Waals surface area contributed by atoms with Crippen LogP contribution in [0.1, 0.15) is 23.5 Å². The van der Waals surface area contributed by atoms with Crippen molar-refractivity contribution >= 4 is 17.5 Å². The summed E-state index contributed by atoms with van der Waals surface area (Å²) in [6, 6.07) is 17.4. The molecule has 4 heteroatoms. The molecule has 0 fully saturated rings. The Morgan fingerprint density at radius 2 is 1.77 bits per heavy atom. The molecule has 0 saturated carbocycles. The molecule has 1 N–H and O–H groups in total. The molecule has 4 nitrogen and oxygen atoms in total. The number of rotatable bonds is 4. The lowest BCUT2D eigenvalue weighted by Crippen LogP contribution is -2.29. The zero-order chi connectivity index (χ0) is 15.5. The molecular formula is C18H18N2O2. The highest BCUT2D eigenvalue weighted by atomic mass is 16.2. The van der Waals surface area contributed by atoms with Gasteiger partial charge in [0.15, 0.2) is 0 Å². The lowest BCUT2D eigenvalue weighted by Gasteiger charge is -2.19. The van der Waals surface area contributed by atoms with Crippen LogP contribution in [-0.4, -0.2) is 23.8 Å². The molecule has 2 aromatic carbocycles. The summed E-state index contributed by atoms with van der Waals surface area (Å²) in [6.07, 6.45) is 0.201. The monoisotopic (exact) mass is 294 g/mol. The molecule has 0 aliphatic carbocycles. The van der Waals surface area contributed by atoms with Gasteiger partial charge in [0.1, 0.15) is 0 Å². The van der Waals surface area contributed by atoms with Gasteiger partial charge in [0.2, 0.25) is 11.8 Å². The minimum atomic E-state index is -0.387. The molecule has 2 aromatic rings. The molecule has 1 atom stereocenters. The van der Waals surface area contributed by atoms with Crippen LogP contribution in [0.2, 0.25) is 0 Å². The maximum absolute atomic E-state index is 12.4. The first-order chi connectivity index (χ1) is 10.6. The van der Waals surface area contributed by atoms with Crippen molar-refractivity contribution in [3.05, 3.63) is 65.7 Å². The predicted octanol–water partition coefficient (Wildman–Crippen LogP) is 2.77. The van der Waals surface area contributed by atoms with E-state index in [0.29, 0.717) is 6.54 Å². The number of carbonyl (C=O) groups is 2. The number of benzene rings is 2. The number of nitrogens with zero attached hydrogens (tertiary/aromatic N) is 1. The van der Waals surface area contributed by atoms with Crippen molar-refractivity contribution in [2.24, 2.45) is 0 Å². The van der Waals surface area contributed by atoms with E-state index in [1.54, 1.807) is 11.9 Å². The molecule has 3 rings (SSSR count). The van der Waals surface area contributed by atoms with Crippen LogP contribution in [-0.2, 0) is 16.1 Å². The van der Waals surface area contributed by atoms with Crippen molar-refractivity contribution in [1.29, 1.82) is 0 Å². The summed E-state index contributed by atoms with van der Waals surface area (Å²) in [6.45, 7) is 0.551. The van der Waals surface area contributed by atoms with Crippen molar-refractivity contribution in [3.63, 3.8) is 0 Å². The second kappa shape index (κ2) is 6.02. The van der Waals surface area contributed by atoms with Crippen LogP contribution in [0.3, 0.4) is 0 Å². The molecule has 1 aliphatic rings. The van der Waals surface area contributed by atoms with Crippen molar-refractivity contribution in [1.82, 2.24) is 4.90 Å². The number of para-hydroxylation sites is 1. The minimum Gasteiger partial charge on any atom is -0.341 e. The maximum Gasteiger partial charge on any atom is 0.232 e. The largest absolute Gasteiger partial charge is 0.341 e. The first-order valence-electron chi connectivity index (χ1n) is 7.33. The quantitative estimate of drug-likeness (QED) is 0.942. The van der Waals surface area contributed by atoms with Crippen molar-refractivity contribution in [3.8, 4) is 0 Å². The van der Waals surface area contributed by atoms with Gasteiger partial charge in [-0.15, -0.1) is 0 Å². The molecule has 1 unspecified atom stereocenters. The summed E-state index contributed by atoms with van der Waals surface area (Å²) >= 11 is 0. The topological polar surface area (TPSA) is 49.4 Å². The van der Waals surface area contributed by atoms with Crippen LogP contribution in [0.25, 0.3) is 0 Å². The standard InChI is InChI=1S/C18H18N2O2/c1-20(12-13-7-3-2-4-8-13)17(21)11-15-14-9-5-6-10-16(14)19-18(15)22/h2-10,15H,11-12H2,1H3,(H,19,22). The van der Waals surface area contributed by atoms with Crippen LogP contribution in [0, 0.1) is 0 Å². The number of hydrogen-bond donors (Lipinski definition) is 1. The highest BCUT2D eigenvalue weighted by Gasteiger charge is 2.32. The van der Waals surface area contributed by atoms with Gasteiger partial charge in [0, 0.05) is 25.7 Å². The van der Waals surface area contributed by atoms with Gasteiger partial charge in [-0.05, 0) is 17.2 Å². The first-order valence-corrected chi connectivity index (χ1v) is 7.33. The van der Waals surface area contributed by atoms with Gasteiger partial charge in [0.25, 0.3) is 0 Å². The van der Waals surface area contributed by atoms with E-state index >= 15 is 0 Å². The Hall–Kier alpha value is -2.62. The molecule has 0 spiro atoms. The van der Waals surface area contributed by atoms with Gasteiger partial charge in [-0.1, -0.05) is 48.5 Å². The normalized spacial score (nSPS) is 16.0. The number of fused-ring (bicyclic) bond motifs is 1. The molecule has 1 heterocycles. The summed E-state index contributed by atoms with van der Waals surface area (Å²) in [5.41, 5.74) is 2.81. The average molecular weight is 294 g/mol. The summed E-state index contributed by atoms with van der Waals surface area (Å²) < 4.78 is 0. The maximum atomic E-state index is 12.4. The highest BCUT2D eigenvalue weighted by molar-refractivity contribution is 6.04. The second-order valence-corrected chi connectivity index (χ2v) is 5.57. The van der Waals surface area contributed by atoms with E-state index in [-0.39, 0.29) is 24.2 Å². The van der Waals surface area contributed by atoms with Crippen molar-refractivity contribution in [2.45, 2.75) is 18.9 Å². The molecule has 0 bridgehead atoms. The second-order valence-electron chi connectivity index (χ2n) is 5.57. The third kappa shape index (κ3) is 2.86. The fourth-order valence-electron chi connectivity index (χ4n) is 2.75. The zero-order valence-electron chi connectivity index (χ0n) is 12.5. The molecule has 1 aliphatic heterocycles. The van der Waals surface area contributed by atoms with Gasteiger partial charge in [-0.3, -0.25) is 9.59 Å². The Labute approximate surface area is 129 Å². The molecule has 22 heavy (non-hydrogen) atoms. The number of nitrogens with one attached hydrogen (secondary N) is 1. The van der Waals surface area contributed by atoms with Gasteiger partial charge >= 0.3 is 0 Å². The van der Waals surface area contributed by atoms with Crippen molar-refractivity contribution in [2.75, 3.05) is 12.4 Å². The van der Waals surface area contributed by atoms with Gasteiger partial charge in [-0.2, -0.15) is 0 Å².